The van der Waals surface area contributed by atoms with Crippen LogP contribution in [0.1, 0.15) is 19.4 Å². The second kappa shape index (κ2) is 5.02. The summed E-state index contributed by atoms with van der Waals surface area (Å²) in [5.41, 5.74) is 8.17. The molecule has 4 nitrogen and oxygen atoms in total. The minimum Gasteiger partial charge on any atom is -0.367 e. The molecule has 17 heavy (non-hydrogen) atoms. The van der Waals surface area contributed by atoms with Crippen LogP contribution in [0.4, 0.5) is 5.69 Å². The van der Waals surface area contributed by atoms with Crippen LogP contribution in [0.5, 0.6) is 0 Å². The Morgan fingerprint density at radius 1 is 1.35 bits per heavy atom. The van der Waals surface area contributed by atoms with Crippen molar-refractivity contribution in [2.24, 2.45) is 5.73 Å². The van der Waals surface area contributed by atoms with Gasteiger partial charge in [0, 0.05) is 37.9 Å². The molecule has 1 aliphatic rings. The highest BCUT2D eigenvalue weighted by Gasteiger charge is 2.27. The molecule has 0 spiro atoms. The lowest BCUT2D eigenvalue weighted by atomic mass is 10.1. The quantitative estimate of drug-likeness (QED) is 0.831. The maximum absolute atomic E-state index is 5.79. The van der Waals surface area contributed by atoms with E-state index >= 15 is 0 Å². The average Bonchev–Trinajstić information content (AvgIpc) is 2.35. The molecule has 2 heterocycles. The van der Waals surface area contributed by atoms with Gasteiger partial charge >= 0.3 is 0 Å². The molecule has 2 unspecified atom stereocenters. The monoisotopic (exact) mass is 234 g/mol. The van der Waals surface area contributed by atoms with E-state index in [-0.39, 0.29) is 0 Å². The fourth-order valence-electron chi connectivity index (χ4n) is 2.47. The van der Waals surface area contributed by atoms with E-state index < -0.39 is 0 Å². The molecule has 0 aromatic carbocycles. The molecule has 2 rings (SSSR count). The minimum absolute atomic E-state index is 0.560. The van der Waals surface area contributed by atoms with E-state index in [1.807, 2.05) is 18.5 Å². The summed E-state index contributed by atoms with van der Waals surface area (Å²) in [6.45, 7) is 7.19. The zero-order valence-electron chi connectivity index (χ0n) is 10.9. The van der Waals surface area contributed by atoms with Crippen molar-refractivity contribution < 1.29 is 0 Å². The molecule has 1 aromatic heterocycles. The number of nitrogens with zero attached hydrogens (tertiary/aromatic N) is 3. The summed E-state index contributed by atoms with van der Waals surface area (Å²) in [5.74, 6) is 0. The van der Waals surface area contributed by atoms with Crippen LogP contribution in [0.15, 0.2) is 18.5 Å². The number of hydrogen-bond acceptors (Lipinski definition) is 4. The molecule has 2 atom stereocenters. The summed E-state index contributed by atoms with van der Waals surface area (Å²) >= 11 is 0. The van der Waals surface area contributed by atoms with Gasteiger partial charge in [0.2, 0.25) is 0 Å². The van der Waals surface area contributed by atoms with E-state index in [1.165, 1.54) is 11.3 Å². The van der Waals surface area contributed by atoms with E-state index in [0.29, 0.717) is 18.6 Å². The number of nitrogens with two attached hydrogens (primary N) is 1. The molecule has 0 radical (unpaired) electrons. The van der Waals surface area contributed by atoms with E-state index in [1.54, 1.807) is 0 Å². The van der Waals surface area contributed by atoms with Crippen LogP contribution in [0.2, 0.25) is 0 Å². The number of rotatable bonds is 2. The summed E-state index contributed by atoms with van der Waals surface area (Å²) < 4.78 is 0. The summed E-state index contributed by atoms with van der Waals surface area (Å²) in [7, 11) is 2.19. The van der Waals surface area contributed by atoms with Crippen molar-refractivity contribution in [2.75, 3.05) is 25.0 Å². The van der Waals surface area contributed by atoms with Gasteiger partial charge in [0.15, 0.2) is 0 Å². The highest BCUT2D eigenvalue weighted by atomic mass is 15.3. The lowest BCUT2D eigenvalue weighted by Gasteiger charge is -2.43. The molecule has 4 heteroatoms. The molecule has 0 aliphatic carbocycles. The van der Waals surface area contributed by atoms with Crippen molar-refractivity contribution in [3.8, 4) is 0 Å². The van der Waals surface area contributed by atoms with Gasteiger partial charge in [0.1, 0.15) is 0 Å². The Kier molecular flexibility index (Phi) is 3.64. The Morgan fingerprint density at radius 2 is 2.00 bits per heavy atom. The summed E-state index contributed by atoms with van der Waals surface area (Å²) in [5, 5.41) is 0. The minimum atomic E-state index is 0.560. The molecular formula is C13H22N4. The van der Waals surface area contributed by atoms with Gasteiger partial charge in [-0.15, -0.1) is 0 Å². The number of likely N-dealkylation sites (N-methyl/N-ethyl adjacent to an activating group) is 1. The van der Waals surface area contributed by atoms with Crippen molar-refractivity contribution in [3.05, 3.63) is 24.0 Å². The lowest BCUT2D eigenvalue weighted by Crippen LogP contribution is -2.55. The summed E-state index contributed by atoms with van der Waals surface area (Å²) in [6.07, 6.45) is 3.75. The van der Waals surface area contributed by atoms with Crippen molar-refractivity contribution in [1.82, 2.24) is 9.88 Å². The van der Waals surface area contributed by atoms with Crippen LogP contribution >= 0.6 is 0 Å². The van der Waals surface area contributed by atoms with Gasteiger partial charge in [-0.1, -0.05) is 0 Å². The molecule has 1 aromatic rings. The third-order valence-corrected chi connectivity index (χ3v) is 3.81. The zero-order valence-corrected chi connectivity index (χ0v) is 10.9. The standard InChI is InChI=1S/C13H22N4/c1-10-8-17(9-11(2)16(10)3)13-7-15-5-4-12(13)6-14/h4-5,7,10-11H,6,8-9,14H2,1-3H3. The maximum atomic E-state index is 5.79. The highest BCUT2D eigenvalue weighted by Crippen LogP contribution is 2.23. The Hall–Kier alpha value is -1.13. The van der Waals surface area contributed by atoms with Crippen LogP contribution in [-0.2, 0) is 6.54 Å². The Balaban J connectivity index is 2.22. The van der Waals surface area contributed by atoms with Crippen molar-refractivity contribution >= 4 is 5.69 Å². The van der Waals surface area contributed by atoms with Crippen molar-refractivity contribution in [1.29, 1.82) is 0 Å². The molecule has 1 fully saturated rings. The number of aromatic nitrogens is 1. The van der Waals surface area contributed by atoms with Crippen molar-refractivity contribution in [2.45, 2.75) is 32.5 Å². The highest BCUT2D eigenvalue weighted by molar-refractivity contribution is 5.52. The fourth-order valence-corrected chi connectivity index (χ4v) is 2.47. The van der Waals surface area contributed by atoms with Gasteiger partial charge in [-0.2, -0.15) is 0 Å². The predicted molar refractivity (Wildman–Crippen MR) is 71.0 cm³/mol. The fraction of sp³-hybridized carbons (Fsp3) is 0.615. The van der Waals surface area contributed by atoms with Crippen LogP contribution in [0, 0.1) is 0 Å². The summed E-state index contributed by atoms with van der Waals surface area (Å²) in [4.78, 5) is 9.06. The Labute approximate surface area is 103 Å². The topological polar surface area (TPSA) is 45.4 Å². The molecule has 0 amide bonds. The van der Waals surface area contributed by atoms with Gasteiger partial charge in [0.05, 0.1) is 11.9 Å². The second-order valence-electron chi connectivity index (χ2n) is 4.98. The van der Waals surface area contributed by atoms with Gasteiger partial charge in [-0.25, -0.2) is 0 Å². The smallest absolute Gasteiger partial charge is 0.0599 e. The van der Waals surface area contributed by atoms with Crippen LogP contribution in [0.3, 0.4) is 0 Å². The van der Waals surface area contributed by atoms with Gasteiger partial charge < -0.3 is 10.6 Å². The number of piperazine rings is 1. The Bertz CT molecular complexity index is 367. The molecule has 0 saturated carbocycles. The molecule has 0 bridgehead atoms. The molecular weight excluding hydrogens is 212 g/mol. The van der Waals surface area contributed by atoms with Gasteiger partial charge in [-0.05, 0) is 32.5 Å². The first-order valence-corrected chi connectivity index (χ1v) is 6.23. The van der Waals surface area contributed by atoms with Crippen LogP contribution < -0.4 is 10.6 Å². The number of pyridine rings is 1. The van der Waals surface area contributed by atoms with E-state index in [9.17, 15) is 0 Å². The van der Waals surface area contributed by atoms with E-state index in [0.717, 1.165) is 13.1 Å². The van der Waals surface area contributed by atoms with E-state index in [2.05, 4.69) is 35.7 Å². The molecule has 2 N–H and O–H groups in total. The first-order chi connectivity index (χ1) is 8.13. The zero-order chi connectivity index (χ0) is 12.4. The first kappa shape index (κ1) is 12.3. The van der Waals surface area contributed by atoms with E-state index in [4.69, 9.17) is 5.73 Å². The third-order valence-electron chi connectivity index (χ3n) is 3.81. The summed E-state index contributed by atoms with van der Waals surface area (Å²) in [6, 6.07) is 3.14. The van der Waals surface area contributed by atoms with Crippen LogP contribution in [0.25, 0.3) is 0 Å². The SMILES string of the molecule is CC1CN(c2cnccc2CN)CC(C)N1C. The Morgan fingerprint density at radius 3 is 2.59 bits per heavy atom. The third kappa shape index (κ3) is 2.42. The average molecular weight is 234 g/mol. The largest absolute Gasteiger partial charge is 0.367 e. The second-order valence-corrected chi connectivity index (χ2v) is 4.98. The lowest BCUT2D eigenvalue weighted by molar-refractivity contribution is 0.170. The molecule has 1 saturated heterocycles. The van der Waals surface area contributed by atoms with Crippen molar-refractivity contribution in [3.63, 3.8) is 0 Å². The van der Waals surface area contributed by atoms with Gasteiger partial charge in [-0.3, -0.25) is 9.88 Å². The maximum Gasteiger partial charge on any atom is 0.0599 e. The molecule has 94 valence electrons. The van der Waals surface area contributed by atoms with Gasteiger partial charge in [0.25, 0.3) is 0 Å². The van der Waals surface area contributed by atoms with Crippen LogP contribution in [-0.4, -0.2) is 42.1 Å². The normalized spacial score (nSPS) is 26.2. The predicted octanol–water partition coefficient (Wildman–Crippen LogP) is 1.07. The molecule has 1 aliphatic heterocycles. The number of hydrogen-bond donors (Lipinski definition) is 1. The number of anilines is 1. The first-order valence-electron chi connectivity index (χ1n) is 6.23.